The van der Waals surface area contributed by atoms with Gasteiger partial charge >= 0.3 is 0 Å². The lowest BCUT2D eigenvalue weighted by Crippen LogP contribution is -2.39. The predicted molar refractivity (Wildman–Crippen MR) is 127 cm³/mol. The van der Waals surface area contributed by atoms with Gasteiger partial charge in [0, 0.05) is 43.0 Å². The lowest BCUT2D eigenvalue weighted by atomic mass is 10.1. The minimum atomic E-state index is -0.0658. The van der Waals surface area contributed by atoms with Crippen LogP contribution in [0.25, 0.3) is 10.6 Å². The van der Waals surface area contributed by atoms with Crippen molar-refractivity contribution in [3.8, 4) is 10.6 Å². The van der Waals surface area contributed by atoms with Gasteiger partial charge in [0.15, 0.2) is 5.96 Å². The molecule has 0 unspecified atom stereocenters. The normalized spacial score (nSPS) is 11.4. The van der Waals surface area contributed by atoms with Gasteiger partial charge in [0.2, 0.25) is 0 Å². The van der Waals surface area contributed by atoms with E-state index >= 15 is 0 Å². The summed E-state index contributed by atoms with van der Waals surface area (Å²) in [5.41, 5.74) is 2.86. The molecular formula is C22H27N5OS2. The molecule has 0 aliphatic heterocycles. The summed E-state index contributed by atoms with van der Waals surface area (Å²) in [6.45, 7) is 3.58. The van der Waals surface area contributed by atoms with E-state index in [1.54, 1.807) is 36.8 Å². The minimum Gasteiger partial charge on any atom is -0.356 e. The van der Waals surface area contributed by atoms with Crippen molar-refractivity contribution in [2.45, 2.75) is 19.8 Å². The number of amides is 1. The smallest absolute Gasteiger partial charge is 0.251 e. The number of benzene rings is 1. The van der Waals surface area contributed by atoms with Crippen LogP contribution < -0.4 is 16.0 Å². The first-order chi connectivity index (χ1) is 14.6. The van der Waals surface area contributed by atoms with Crippen molar-refractivity contribution in [1.82, 2.24) is 20.9 Å². The highest BCUT2D eigenvalue weighted by molar-refractivity contribution is 7.16. The van der Waals surface area contributed by atoms with E-state index in [9.17, 15) is 4.79 Å². The summed E-state index contributed by atoms with van der Waals surface area (Å²) in [5.74, 6) is 0.716. The molecule has 0 saturated heterocycles. The van der Waals surface area contributed by atoms with Gasteiger partial charge in [-0.15, -0.1) is 22.7 Å². The molecule has 0 bridgehead atoms. The SMILES string of the molecule is CN=C(NCCc1cccc(C(=O)NC)c1)NCCc1ccc(-c2csc(C)n2)s1. The lowest BCUT2D eigenvalue weighted by Gasteiger charge is -2.12. The number of aryl methyl sites for hydroxylation is 1. The van der Waals surface area contributed by atoms with E-state index in [0.29, 0.717) is 5.56 Å². The second-order valence-electron chi connectivity index (χ2n) is 6.72. The van der Waals surface area contributed by atoms with Crippen molar-refractivity contribution < 1.29 is 4.79 Å². The summed E-state index contributed by atoms with van der Waals surface area (Å²) < 4.78 is 0. The molecule has 1 amide bonds. The van der Waals surface area contributed by atoms with E-state index in [2.05, 4.69) is 43.4 Å². The summed E-state index contributed by atoms with van der Waals surface area (Å²) in [6.07, 6.45) is 1.75. The summed E-state index contributed by atoms with van der Waals surface area (Å²) >= 11 is 3.47. The Morgan fingerprint density at radius 2 is 1.93 bits per heavy atom. The highest BCUT2D eigenvalue weighted by Crippen LogP contribution is 2.29. The molecule has 8 heteroatoms. The molecule has 0 saturated carbocycles. The highest BCUT2D eigenvalue weighted by atomic mass is 32.1. The van der Waals surface area contributed by atoms with Crippen LogP contribution in [0.15, 0.2) is 46.8 Å². The fourth-order valence-corrected chi connectivity index (χ4v) is 4.64. The van der Waals surface area contributed by atoms with Crippen LogP contribution in [0.5, 0.6) is 0 Å². The number of nitrogens with zero attached hydrogens (tertiary/aromatic N) is 2. The molecule has 2 aromatic heterocycles. The zero-order valence-corrected chi connectivity index (χ0v) is 19.1. The molecule has 30 heavy (non-hydrogen) atoms. The Morgan fingerprint density at radius 1 is 1.13 bits per heavy atom. The van der Waals surface area contributed by atoms with Crippen LogP contribution in [-0.2, 0) is 12.8 Å². The average molecular weight is 442 g/mol. The average Bonchev–Trinajstić information content (AvgIpc) is 3.41. The van der Waals surface area contributed by atoms with Crippen LogP contribution in [-0.4, -0.2) is 44.0 Å². The molecular weight excluding hydrogens is 414 g/mol. The fraction of sp³-hybridized carbons (Fsp3) is 0.318. The molecule has 2 heterocycles. The lowest BCUT2D eigenvalue weighted by molar-refractivity contribution is 0.0963. The summed E-state index contributed by atoms with van der Waals surface area (Å²) in [5, 5.41) is 12.6. The number of carbonyl (C=O) groups excluding carboxylic acids is 1. The number of aromatic nitrogens is 1. The van der Waals surface area contributed by atoms with Gasteiger partial charge in [-0.05, 0) is 49.6 Å². The third-order valence-electron chi connectivity index (χ3n) is 4.54. The van der Waals surface area contributed by atoms with Gasteiger partial charge < -0.3 is 16.0 Å². The first-order valence-corrected chi connectivity index (χ1v) is 11.6. The molecule has 3 aromatic rings. The number of nitrogens with one attached hydrogen (secondary N) is 3. The number of guanidine groups is 1. The van der Waals surface area contributed by atoms with E-state index in [1.807, 2.05) is 31.2 Å². The standard InChI is InChI=1S/C22H27N5OS2/c1-15-27-19(14-29-15)20-8-7-18(30-20)10-12-26-22(24-3)25-11-9-16-5-4-6-17(13-16)21(28)23-2/h4-8,13-14H,9-12H2,1-3H3,(H,23,28)(H2,24,25,26). The maximum absolute atomic E-state index is 11.8. The van der Waals surface area contributed by atoms with Gasteiger partial charge in [-0.1, -0.05) is 12.1 Å². The van der Waals surface area contributed by atoms with Gasteiger partial charge in [0.25, 0.3) is 5.91 Å². The predicted octanol–water partition coefficient (Wildman–Crippen LogP) is 3.49. The third-order valence-corrected chi connectivity index (χ3v) is 6.48. The Hall–Kier alpha value is -2.71. The van der Waals surface area contributed by atoms with E-state index in [4.69, 9.17) is 0 Å². The topological polar surface area (TPSA) is 78.4 Å². The van der Waals surface area contributed by atoms with E-state index in [1.165, 1.54) is 9.75 Å². The Kier molecular flexibility index (Phi) is 7.98. The molecule has 3 N–H and O–H groups in total. The van der Waals surface area contributed by atoms with Gasteiger partial charge in [0.1, 0.15) is 0 Å². The third kappa shape index (κ3) is 6.14. The number of hydrogen-bond acceptors (Lipinski definition) is 5. The van der Waals surface area contributed by atoms with Crippen molar-refractivity contribution in [3.63, 3.8) is 0 Å². The van der Waals surface area contributed by atoms with Crippen LogP contribution in [0.1, 0.15) is 25.8 Å². The van der Waals surface area contributed by atoms with Crippen LogP contribution in [0.3, 0.4) is 0 Å². The molecule has 0 atom stereocenters. The first kappa shape index (κ1) is 22.0. The molecule has 0 aliphatic carbocycles. The van der Waals surface area contributed by atoms with Crippen molar-refractivity contribution in [1.29, 1.82) is 0 Å². The first-order valence-electron chi connectivity index (χ1n) is 9.86. The monoisotopic (exact) mass is 441 g/mol. The van der Waals surface area contributed by atoms with Gasteiger partial charge in [-0.3, -0.25) is 9.79 Å². The van der Waals surface area contributed by atoms with Crippen LogP contribution >= 0.6 is 22.7 Å². The number of thiophene rings is 1. The van der Waals surface area contributed by atoms with Gasteiger partial charge in [-0.25, -0.2) is 4.98 Å². The second kappa shape index (κ2) is 10.9. The largest absolute Gasteiger partial charge is 0.356 e. The molecule has 0 spiro atoms. The quantitative estimate of drug-likeness (QED) is 0.369. The Morgan fingerprint density at radius 3 is 2.63 bits per heavy atom. The number of carbonyl (C=O) groups is 1. The summed E-state index contributed by atoms with van der Waals surface area (Å²) in [7, 11) is 3.42. The number of hydrogen-bond donors (Lipinski definition) is 3. The number of aliphatic imine (C=N–C) groups is 1. The Labute approximate surface area is 185 Å². The molecule has 0 radical (unpaired) electrons. The maximum atomic E-state index is 11.8. The van der Waals surface area contributed by atoms with Crippen LogP contribution in [0, 0.1) is 6.92 Å². The molecule has 6 nitrogen and oxygen atoms in total. The summed E-state index contributed by atoms with van der Waals surface area (Å²) in [4.78, 5) is 23.1. The zero-order chi connectivity index (χ0) is 21.3. The minimum absolute atomic E-state index is 0.0658. The van der Waals surface area contributed by atoms with Crippen molar-refractivity contribution in [2.75, 3.05) is 27.2 Å². The molecule has 158 valence electrons. The second-order valence-corrected chi connectivity index (χ2v) is 8.95. The zero-order valence-electron chi connectivity index (χ0n) is 17.5. The molecule has 1 aromatic carbocycles. The Bertz CT molecular complexity index is 1010. The molecule has 3 rings (SSSR count). The number of rotatable bonds is 8. The van der Waals surface area contributed by atoms with Crippen molar-refractivity contribution in [2.24, 2.45) is 4.99 Å². The highest BCUT2D eigenvalue weighted by Gasteiger charge is 2.07. The van der Waals surface area contributed by atoms with Crippen molar-refractivity contribution >= 4 is 34.5 Å². The van der Waals surface area contributed by atoms with Crippen LogP contribution in [0.2, 0.25) is 0 Å². The van der Waals surface area contributed by atoms with Gasteiger partial charge in [-0.2, -0.15) is 0 Å². The van der Waals surface area contributed by atoms with E-state index in [-0.39, 0.29) is 5.91 Å². The van der Waals surface area contributed by atoms with Gasteiger partial charge in [0.05, 0.1) is 15.6 Å². The van der Waals surface area contributed by atoms with Crippen LogP contribution in [0.4, 0.5) is 0 Å². The molecule has 0 fully saturated rings. The number of thiazole rings is 1. The fourth-order valence-electron chi connectivity index (χ4n) is 2.99. The maximum Gasteiger partial charge on any atom is 0.251 e. The summed E-state index contributed by atoms with van der Waals surface area (Å²) in [6, 6.07) is 12.0. The van der Waals surface area contributed by atoms with E-state index < -0.39 is 0 Å². The van der Waals surface area contributed by atoms with Crippen molar-refractivity contribution in [3.05, 3.63) is 62.8 Å². The van der Waals surface area contributed by atoms with E-state index in [0.717, 1.165) is 48.2 Å². The molecule has 0 aliphatic rings. The Balaban J connectivity index is 1.42.